The molecule has 0 radical (unpaired) electrons. The van der Waals surface area contributed by atoms with Gasteiger partial charge in [-0.15, -0.1) is 11.8 Å². The Hall–Kier alpha value is -2.47. The highest BCUT2D eigenvalue weighted by Gasteiger charge is 2.28. The van der Waals surface area contributed by atoms with Crippen LogP contribution in [0, 0.1) is 6.92 Å². The molecule has 1 N–H and O–H groups in total. The lowest BCUT2D eigenvalue weighted by Crippen LogP contribution is -2.52. The molecule has 1 atom stereocenters. The molecule has 2 aromatic carbocycles. The minimum absolute atomic E-state index is 0.0426. The Morgan fingerprint density at radius 2 is 1.81 bits per heavy atom. The monoisotopic (exact) mass is 442 g/mol. The van der Waals surface area contributed by atoms with Crippen LogP contribution in [0.15, 0.2) is 53.4 Å². The molecule has 0 aliphatic carbocycles. The van der Waals surface area contributed by atoms with Gasteiger partial charge in [-0.1, -0.05) is 29.8 Å². The van der Waals surface area contributed by atoms with Gasteiger partial charge in [-0.05, 0) is 64.4 Å². The van der Waals surface area contributed by atoms with Crippen molar-refractivity contribution in [1.82, 2.24) is 10.2 Å². The third kappa shape index (κ3) is 8.29. The minimum Gasteiger partial charge on any atom is -0.497 e. The number of amides is 2. The summed E-state index contributed by atoms with van der Waals surface area (Å²) in [5.41, 5.74) is 1.77. The largest absolute Gasteiger partial charge is 0.497 e. The molecule has 0 fully saturated rings. The maximum absolute atomic E-state index is 13.2. The van der Waals surface area contributed by atoms with Gasteiger partial charge in [0, 0.05) is 29.2 Å². The number of methoxy groups -OCH3 is 1. The van der Waals surface area contributed by atoms with Crippen molar-refractivity contribution >= 4 is 23.6 Å². The molecule has 0 saturated heterocycles. The molecular weight excluding hydrogens is 408 g/mol. The van der Waals surface area contributed by atoms with Crippen molar-refractivity contribution < 1.29 is 14.3 Å². The average Bonchev–Trinajstić information content (AvgIpc) is 2.71. The Labute approximate surface area is 190 Å². The predicted molar refractivity (Wildman–Crippen MR) is 127 cm³/mol. The zero-order valence-corrected chi connectivity index (χ0v) is 20.2. The predicted octanol–water partition coefficient (Wildman–Crippen LogP) is 4.82. The van der Waals surface area contributed by atoms with Crippen LogP contribution in [0.3, 0.4) is 0 Å². The third-order valence-electron chi connectivity index (χ3n) is 4.76. The molecule has 0 aliphatic heterocycles. The van der Waals surface area contributed by atoms with E-state index in [0.717, 1.165) is 16.2 Å². The van der Waals surface area contributed by atoms with Crippen LogP contribution in [-0.4, -0.2) is 41.2 Å². The first-order chi connectivity index (χ1) is 14.6. The van der Waals surface area contributed by atoms with Gasteiger partial charge in [-0.2, -0.15) is 0 Å². The fourth-order valence-corrected chi connectivity index (χ4v) is 3.90. The summed E-state index contributed by atoms with van der Waals surface area (Å²) in [5.74, 6) is 1.19. The molecule has 2 aromatic rings. The quantitative estimate of drug-likeness (QED) is 0.566. The average molecular weight is 443 g/mol. The molecule has 0 saturated carbocycles. The number of thioether (sulfide) groups is 1. The van der Waals surface area contributed by atoms with E-state index in [0.29, 0.717) is 18.7 Å². The van der Waals surface area contributed by atoms with Gasteiger partial charge in [0.2, 0.25) is 11.8 Å². The number of carbonyl (C=O) groups excluding carboxylic acids is 2. The molecule has 5 nitrogen and oxygen atoms in total. The zero-order chi connectivity index (χ0) is 23.0. The molecule has 0 spiro atoms. The van der Waals surface area contributed by atoms with Crippen LogP contribution >= 0.6 is 11.8 Å². The van der Waals surface area contributed by atoms with E-state index in [1.165, 1.54) is 5.56 Å². The molecule has 6 heteroatoms. The Balaban J connectivity index is 2.11. The lowest BCUT2D eigenvalue weighted by molar-refractivity contribution is -0.140. The van der Waals surface area contributed by atoms with Crippen molar-refractivity contribution in [2.24, 2.45) is 0 Å². The normalized spacial score (nSPS) is 12.2. The highest BCUT2D eigenvalue weighted by molar-refractivity contribution is 7.99. The van der Waals surface area contributed by atoms with Crippen molar-refractivity contribution in [2.45, 2.75) is 64.1 Å². The highest BCUT2D eigenvalue weighted by atomic mass is 32.2. The summed E-state index contributed by atoms with van der Waals surface area (Å²) in [6.45, 7) is 9.99. The molecule has 31 heavy (non-hydrogen) atoms. The maximum atomic E-state index is 13.2. The highest BCUT2D eigenvalue weighted by Crippen LogP contribution is 2.21. The number of ether oxygens (including phenoxy) is 1. The molecule has 1 unspecified atom stereocenters. The van der Waals surface area contributed by atoms with Crippen LogP contribution in [0.2, 0.25) is 0 Å². The number of aryl methyl sites for hydroxylation is 1. The van der Waals surface area contributed by atoms with Crippen LogP contribution in [0.25, 0.3) is 0 Å². The van der Waals surface area contributed by atoms with Crippen molar-refractivity contribution in [3.63, 3.8) is 0 Å². The second kappa shape index (κ2) is 11.2. The Bertz CT molecular complexity index is 875. The van der Waals surface area contributed by atoms with Gasteiger partial charge >= 0.3 is 0 Å². The van der Waals surface area contributed by atoms with E-state index in [1.807, 2.05) is 45.0 Å². The van der Waals surface area contributed by atoms with Gasteiger partial charge in [0.15, 0.2) is 0 Å². The van der Waals surface area contributed by atoms with Crippen LogP contribution in [0.1, 0.15) is 45.2 Å². The fraction of sp³-hybridized carbons (Fsp3) is 0.440. The van der Waals surface area contributed by atoms with Gasteiger partial charge in [0.05, 0.1) is 7.11 Å². The second-order valence-electron chi connectivity index (χ2n) is 8.70. The van der Waals surface area contributed by atoms with E-state index in [2.05, 4.69) is 36.5 Å². The van der Waals surface area contributed by atoms with E-state index in [1.54, 1.807) is 30.7 Å². The smallest absolute Gasteiger partial charge is 0.242 e. The Morgan fingerprint density at radius 1 is 1.13 bits per heavy atom. The summed E-state index contributed by atoms with van der Waals surface area (Å²) >= 11 is 1.65. The Kier molecular flexibility index (Phi) is 8.99. The second-order valence-corrected chi connectivity index (χ2v) is 9.87. The standard InChI is InChI=1S/C25H34N2O3S/c1-18-10-12-22(13-11-18)31-15-14-23(28)27(19(2)24(29)26-25(3,4)5)17-20-8-7-9-21(16-20)30-6/h7-13,16,19H,14-15,17H2,1-6H3,(H,26,29). The van der Waals surface area contributed by atoms with Gasteiger partial charge in [0.1, 0.15) is 11.8 Å². The molecule has 168 valence electrons. The SMILES string of the molecule is COc1cccc(CN(C(=O)CCSc2ccc(C)cc2)C(C)C(=O)NC(C)(C)C)c1. The van der Waals surface area contributed by atoms with Gasteiger partial charge < -0.3 is 15.0 Å². The van der Waals surface area contributed by atoms with Crippen LogP contribution in [-0.2, 0) is 16.1 Å². The Morgan fingerprint density at radius 3 is 2.42 bits per heavy atom. The van der Waals surface area contributed by atoms with Gasteiger partial charge in [-0.3, -0.25) is 9.59 Å². The van der Waals surface area contributed by atoms with Crippen molar-refractivity contribution in [3.05, 3.63) is 59.7 Å². The molecule has 0 bridgehead atoms. The van der Waals surface area contributed by atoms with Crippen LogP contribution < -0.4 is 10.1 Å². The van der Waals surface area contributed by atoms with E-state index >= 15 is 0 Å². The molecule has 0 aromatic heterocycles. The topological polar surface area (TPSA) is 58.6 Å². The molecule has 2 amide bonds. The summed E-state index contributed by atoms with van der Waals surface area (Å²) in [6, 6.07) is 15.3. The van der Waals surface area contributed by atoms with E-state index in [9.17, 15) is 9.59 Å². The number of hydrogen-bond acceptors (Lipinski definition) is 4. The summed E-state index contributed by atoms with van der Waals surface area (Å²) in [4.78, 5) is 28.8. The third-order valence-corrected chi connectivity index (χ3v) is 5.77. The number of rotatable bonds is 9. The first-order valence-corrected chi connectivity index (χ1v) is 11.5. The van der Waals surface area contributed by atoms with E-state index in [4.69, 9.17) is 4.74 Å². The van der Waals surface area contributed by atoms with Crippen LogP contribution in [0.5, 0.6) is 5.75 Å². The van der Waals surface area contributed by atoms with Crippen LogP contribution in [0.4, 0.5) is 0 Å². The van der Waals surface area contributed by atoms with Crippen molar-refractivity contribution in [3.8, 4) is 5.75 Å². The molecule has 0 heterocycles. The van der Waals surface area contributed by atoms with E-state index < -0.39 is 6.04 Å². The number of hydrogen-bond donors (Lipinski definition) is 1. The first kappa shape index (κ1) is 24.8. The summed E-state index contributed by atoms with van der Waals surface area (Å²) in [5, 5.41) is 2.99. The lowest BCUT2D eigenvalue weighted by Gasteiger charge is -2.31. The number of carbonyl (C=O) groups is 2. The maximum Gasteiger partial charge on any atom is 0.242 e. The summed E-state index contributed by atoms with van der Waals surface area (Å²) < 4.78 is 5.31. The van der Waals surface area contributed by atoms with Gasteiger partial charge in [-0.25, -0.2) is 0 Å². The summed E-state index contributed by atoms with van der Waals surface area (Å²) in [6.07, 6.45) is 0.357. The lowest BCUT2D eigenvalue weighted by atomic mass is 10.1. The van der Waals surface area contributed by atoms with Crippen molar-refractivity contribution in [1.29, 1.82) is 0 Å². The van der Waals surface area contributed by atoms with E-state index in [-0.39, 0.29) is 17.4 Å². The minimum atomic E-state index is -0.581. The number of benzene rings is 2. The fourth-order valence-electron chi connectivity index (χ4n) is 3.06. The molecule has 2 rings (SSSR count). The number of nitrogens with one attached hydrogen (secondary N) is 1. The number of nitrogens with zero attached hydrogens (tertiary/aromatic N) is 1. The molecular formula is C25H34N2O3S. The molecule has 0 aliphatic rings. The zero-order valence-electron chi connectivity index (χ0n) is 19.4. The first-order valence-electron chi connectivity index (χ1n) is 10.5. The van der Waals surface area contributed by atoms with Crippen molar-refractivity contribution in [2.75, 3.05) is 12.9 Å². The summed E-state index contributed by atoms with van der Waals surface area (Å²) in [7, 11) is 1.61. The van der Waals surface area contributed by atoms with Gasteiger partial charge in [0.25, 0.3) is 0 Å².